The minimum absolute atomic E-state index is 0.142. The highest BCUT2D eigenvalue weighted by Crippen LogP contribution is 2.53. The molecule has 3 nitrogen and oxygen atoms in total. The van der Waals surface area contributed by atoms with Crippen molar-refractivity contribution in [3.05, 3.63) is 127 Å². The van der Waals surface area contributed by atoms with Crippen molar-refractivity contribution in [1.29, 1.82) is 0 Å². The van der Waals surface area contributed by atoms with Gasteiger partial charge in [-0.25, -0.2) is 0 Å². The summed E-state index contributed by atoms with van der Waals surface area (Å²) in [4.78, 5) is 9.34. The van der Waals surface area contributed by atoms with Crippen LogP contribution in [-0.2, 0) is 5.41 Å². The molecule has 0 N–H and O–H groups in total. The maximum Gasteiger partial charge on any atom is 0.0702 e. The fourth-order valence-electron chi connectivity index (χ4n) is 5.85. The third kappa shape index (κ3) is 2.99. The molecule has 1 aliphatic rings. The van der Waals surface area contributed by atoms with E-state index in [2.05, 4.69) is 107 Å². The zero-order chi connectivity index (χ0) is 24.3. The number of pyridine rings is 2. The largest absolute Gasteiger partial charge is 0.312 e. The summed E-state index contributed by atoms with van der Waals surface area (Å²) >= 11 is 0. The molecule has 0 aliphatic heterocycles. The highest BCUT2D eigenvalue weighted by molar-refractivity contribution is 6.03. The molecule has 3 aromatic carbocycles. The summed E-state index contributed by atoms with van der Waals surface area (Å²) in [6.45, 7) is 4.69. The van der Waals surface area contributed by atoms with E-state index in [1.165, 1.54) is 33.3 Å². The van der Waals surface area contributed by atoms with Crippen molar-refractivity contribution >= 4 is 10.9 Å². The molecule has 0 amide bonds. The van der Waals surface area contributed by atoms with Gasteiger partial charge in [-0.2, -0.15) is 0 Å². The van der Waals surface area contributed by atoms with Crippen molar-refractivity contribution in [2.24, 2.45) is 0 Å². The second-order valence-electron chi connectivity index (χ2n) is 9.95. The van der Waals surface area contributed by atoms with E-state index >= 15 is 0 Å². The van der Waals surface area contributed by atoms with Crippen LogP contribution in [0.15, 0.2) is 116 Å². The summed E-state index contributed by atoms with van der Waals surface area (Å²) in [7, 11) is 0. The predicted octanol–water partition coefficient (Wildman–Crippen LogP) is 8.06. The van der Waals surface area contributed by atoms with Gasteiger partial charge in [0.1, 0.15) is 0 Å². The fourth-order valence-corrected chi connectivity index (χ4v) is 5.85. The van der Waals surface area contributed by atoms with Crippen molar-refractivity contribution in [1.82, 2.24) is 14.5 Å². The molecule has 172 valence electrons. The van der Waals surface area contributed by atoms with E-state index in [1.54, 1.807) is 0 Å². The van der Waals surface area contributed by atoms with E-state index in [0.29, 0.717) is 0 Å². The fraction of sp³-hybridized carbons (Fsp3) is 0.0909. The van der Waals surface area contributed by atoms with Crippen LogP contribution >= 0.6 is 0 Å². The molecule has 3 heterocycles. The summed E-state index contributed by atoms with van der Waals surface area (Å²) < 4.78 is 2.46. The third-order valence-corrected chi connectivity index (χ3v) is 7.43. The molecule has 0 saturated heterocycles. The first-order valence-electron chi connectivity index (χ1n) is 12.3. The summed E-state index contributed by atoms with van der Waals surface area (Å²) in [5.41, 5.74) is 11.6. The van der Waals surface area contributed by atoms with Crippen LogP contribution in [-0.4, -0.2) is 14.5 Å². The first kappa shape index (κ1) is 20.8. The van der Waals surface area contributed by atoms with E-state index in [4.69, 9.17) is 0 Å². The maximum atomic E-state index is 4.67. The number of nitrogens with zero attached hydrogens (tertiary/aromatic N) is 3. The average molecular weight is 464 g/mol. The van der Waals surface area contributed by atoms with Gasteiger partial charge < -0.3 is 4.57 Å². The number of hydrogen-bond acceptors (Lipinski definition) is 2. The smallest absolute Gasteiger partial charge is 0.0702 e. The Morgan fingerprint density at radius 2 is 1.25 bits per heavy atom. The first-order valence-corrected chi connectivity index (χ1v) is 12.3. The minimum atomic E-state index is -0.142. The molecule has 0 saturated carbocycles. The van der Waals surface area contributed by atoms with Crippen LogP contribution in [0.4, 0.5) is 0 Å². The lowest BCUT2D eigenvalue weighted by atomic mass is 9.85. The number of benzene rings is 3. The van der Waals surface area contributed by atoms with Crippen molar-refractivity contribution in [3.63, 3.8) is 0 Å². The summed E-state index contributed by atoms with van der Waals surface area (Å²) in [5, 5.41) is 1.29. The van der Waals surface area contributed by atoms with Gasteiger partial charge in [0.05, 0.1) is 16.9 Å². The average Bonchev–Trinajstić information content (AvgIpc) is 3.40. The summed E-state index contributed by atoms with van der Waals surface area (Å²) in [5.74, 6) is 0. The van der Waals surface area contributed by atoms with E-state index in [1.807, 2.05) is 36.7 Å². The molecule has 0 radical (unpaired) electrons. The van der Waals surface area contributed by atoms with Crippen molar-refractivity contribution in [2.45, 2.75) is 19.3 Å². The quantitative estimate of drug-likeness (QED) is 0.266. The van der Waals surface area contributed by atoms with Gasteiger partial charge >= 0.3 is 0 Å². The van der Waals surface area contributed by atoms with Crippen LogP contribution < -0.4 is 0 Å². The van der Waals surface area contributed by atoms with Crippen LogP contribution in [0.2, 0.25) is 0 Å². The van der Waals surface area contributed by atoms with Gasteiger partial charge in [0, 0.05) is 51.3 Å². The molecule has 0 unspecified atom stereocenters. The van der Waals surface area contributed by atoms with Gasteiger partial charge in [0.2, 0.25) is 0 Å². The number of para-hydroxylation sites is 1. The van der Waals surface area contributed by atoms with Gasteiger partial charge in [-0.3, -0.25) is 9.97 Å². The second-order valence-corrected chi connectivity index (χ2v) is 9.95. The molecule has 36 heavy (non-hydrogen) atoms. The van der Waals surface area contributed by atoms with Gasteiger partial charge in [0.25, 0.3) is 0 Å². The standard InChI is InChI=1S/C33H25N3/c1-33(2)27-13-5-3-11-25(27)31-26-12-4-6-16-30(26)36(32(31)33)24-20-22(28-14-7-9-17-34-28)19-23(21-24)29-15-8-10-18-35-29/h3-21H,1-2H3. The highest BCUT2D eigenvalue weighted by Gasteiger charge is 2.40. The van der Waals surface area contributed by atoms with Crippen molar-refractivity contribution in [2.75, 3.05) is 0 Å². The zero-order valence-electron chi connectivity index (χ0n) is 20.3. The predicted molar refractivity (Wildman–Crippen MR) is 147 cm³/mol. The maximum absolute atomic E-state index is 4.67. The zero-order valence-corrected chi connectivity index (χ0v) is 20.3. The van der Waals surface area contributed by atoms with Gasteiger partial charge in [0.15, 0.2) is 0 Å². The Morgan fingerprint density at radius 1 is 0.639 bits per heavy atom. The SMILES string of the molecule is CC1(C)c2ccccc2-c2c1n(-c1cc(-c3ccccn3)cc(-c3ccccn3)c1)c1ccccc21. The molecule has 1 aliphatic carbocycles. The summed E-state index contributed by atoms with van der Waals surface area (Å²) in [6.07, 6.45) is 3.70. The Labute approximate surface area is 210 Å². The molecule has 6 aromatic rings. The Morgan fingerprint density at radius 3 is 1.92 bits per heavy atom. The van der Waals surface area contributed by atoms with Crippen LogP contribution in [0.25, 0.3) is 50.2 Å². The normalized spacial score (nSPS) is 13.5. The molecule has 0 spiro atoms. The molecular formula is C33H25N3. The second kappa shape index (κ2) is 7.76. The molecule has 3 heteroatoms. The number of rotatable bonds is 3. The number of aromatic nitrogens is 3. The van der Waals surface area contributed by atoms with Crippen LogP contribution in [0, 0.1) is 0 Å². The lowest BCUT2D eigenvalue weighted by Crippen LogP contribution is -2.19. The molecule has 0 fully saturated rings. The van der Waals surface area contributed by atoms with E-state index in [9.17, 15) is 0 Å². The number of fused-ring (bicyclic) bond motifs is 5. The highest BCUT2D eigenvalue weighted by atomic mass is 15.0. The lowest BCUT2D eigenvalue weighted by Gasteiger charge is -2.25. The van der Waals surface area contributed by atoms with E-state index in [0.717, 1.165) is 28.2 Å². The molecule has 7 rings (SSSR count). The monoisotopic (exact) mass is 463 g/mol. The van der Waals surface area contributed by atoms with Crippen LogP contribution in [0.3, 0.4) is 0 Å². The Kier molecular flexibility index (Phi) is 4.49. The van der Waals surface area contributed by atoms with Gasteiger partial charge in [-0.05, 0) is 59.7 Å². The molecule has 3 aromatic heterocycles. The Bertz CT molecular complexity index is 1690. The van der Waals surface area contributed by atoms with Crippen molar-refractivity contribution in [3.8, 4) is 39.3 Å². The summed E-state index contributed by atoms with van der Waals surface area (Å²) in [6, 6.07) is 36.5. The minimum Gasteiger partial charge on any atom is -0.312 e. The lowest BCUT2D eigenvalue weighted by molar-refractivity contribution is 0.624. The topological polar surface area (TPSA) is 30.7 Å². The Hall–Kier alpha value is -4.50. The van der Waals surface area contributed by atoms with Crippen LogP contribution in [0.1, 0.15) is 25.1 Å². The van der Waals surface area contributed by atoms with E-state index < -0.39 is 0 Å². The molecular weight excluding hydrogens is 438 g/mol. The molecule has 0 bridgehead atoms. The Balaban J connectivity index is 1.58. The van der Waals surface area contributed by atoms with Crippen LogP contribution in [0.5, 0.6) is 0 Å². The first-order chi connectivity index (χ1) is 17.6. The van der Waals surface area contributed by atoms with E-state index in [-0.39, 0.29) is 5.41 Å². The third-order valence-electron chi connectivity index (χ3n) is 7.43. The van der Waals surface area contributed by atoms with Gasteiger partial charge in [-0.15, -0.1) is 0 Å². The van der Waals surface area contributed by atoms with Crippen molar-refractivity contribution < 1.29 is 0 Å². The van der Waals surface area contributed by atoms with Gasteiger partial charge in [-0.1, -0.05) is 68.4 Å². The number of hydrogen-bond donors (Lipinski definition) is 0. The molecule has 0 atom stereocenters.